The molecule has 0 saturated carbocycles. The minimum absolute atomic E-state index is 0.323. The van der Waals surface area contributed by atoms with Crippen LogP contribution in [0.1, 0.15) is 55.2 Å². The quantitative estimate of drug-likeness (QED) is 0.856. The average Bonchev–Trinajstić information content (AvgIpc) is 3.09. The maximum Gasteiger partial charge on any atom is 0.240 e. The first kappa shape index (κ1) is 12.8. The second kappa shape index (κ2) is 5.43. The lowest BCUT2D eigenvalue weighted by Gasteiger charge is -2.21. The van der Waals surface area contributed by atoms with Crippen LogP contribution in [-0.4, -0.2) is 21.6 Å². The summed E-state index contributed by atoms with van der Waals surface area (Å²) in [4.78, 5) is 8.37. The van der Waals surface area contributed by atoms with E-state index in [0.29, 0.717) is 12.0 Å². The molecule has 0 amide bonds. The van der Waals surface area contributed by atoms with Crippen LogP contribution in [0.15, 0.2) is 22.0 Å². The van der Waals surface area contributed by atoms with E-state index in [0.717, 1.165) is 24.8 Å². The minimum atomic E-state index is 0.323. The lowest BCUT2D eigenvalue weighted by Crippen LogP contribution is -2.22. The summed E-state index contributed by atoms with van der Waals surface area (Å²) in [5.41, 5.74) is 0. The Labute approximate surface area is 117 Å². The van der Waals surface area contributed by atoms with Gasteiger partial charge in [0.2, 0.25) is 5.89 Å². The molecule has 102 valence electrons. The fraction of sp³-hybridized carbons (Fsp3) is 0.571. The Balaban J connectivity index is 1.71. The Morgan fingerprint density at radius 3 is 3.11 bits per heavy atom. The van der Waals surface area contributed by atoms with Crippen molar-refractivity contribution in [3.8, 4) is 0 Å². The SMILES string of the molecule is CC(C)c1noc(CN2CCC[C@H]2c2cccs2)n1. The fourth-order valence-corrected chi connectivity index (χ4v) is 3.45. The highest BCUT2D eigenvalue weighted by Crippen LogP contribution is 2.35. The molecular weight excluding hydrogens is 258 g/mol. The van der Waals surface area contributed by atoms with Crippen molar-refractivity contribution < 1.29 is 4.52 Å². The first-order valence-electron chi connectivity index (χ1n) is 6.84. The number of hydrogen-bond donors (Lipinski definition) is 0. The average molecular weight is 277 g/mol. The monoisotopic (exact) mass is 277 g/mol. The van der Waals surface area contributed by atoms with Gasteiger partial charge in [-0.3, -0.25) is 4.90 Å². The second-order valence-electron chi connectivity index (χ2n) is 5.34. The van der Waals surface area contributed by atoms with Crippen LogP contribution in [-0.2, 0) is 6.54 Å². The van der Waals surface area contributed by atoms with Crippen LogP contribution in [0, 0.1) is 0 Å². The van der Waals surface area contributed by atoms with E-state index in [1.165, 1.54) is 17.7 Å². The van der Waals surface area contributed by atoms with E-state index >= 15 is 0 Å². The van der Waals surface area contributed by atoms with E-state index in [2.05, 4.69) is 46.4 Å². The van der Waals surface area contributed by atoms with Crippen molar-refractivity contribution in [1.29, 1.82) is 0 Å². The molecule has 2 aromatic heterocycles. The third-order valence-corrected chi connectivity index (χ3v) is 4.55. The molecule has 3 rings (SSSR count). The van der Waals surface area contributed by atoms with Crippen molar-refractivity contribution in [3.05, 3.63) is 34.1 Å². The van der Waals surface area contributed by atoms with Gasteiger partial charge in [-0.05, 0) is 30.8 Å². The van der Waals surface area contributed by atoms with Gasteiger partial charge in [0, 0.05) is 16.8 Å². The topological polar surface area (TPSA) is 42.2 Å². The van der Waals surface area contributed by atoms with Gasteiger partial charge in [-0.1, -0.05) is 25.1 Å². The van der Waals surface area contributed by atoms with Crippen molar-refractivity contribution in [3.63, 3.8) is 0 Å². The summed E-state index contributed by atoms with van der Waals surface area (Å²) in [5, 5.41) is 6.18. The number of likely N-dealkylation sites (tertiary alicyclic amines) is 1. The van der Waals surface area contributed by atoms with Gasteiger partial charge in [-0.25, -0.2) is 0 Å². The summed E-state index contributed by atoms with van der Waals surface area (Å²) in [6.07, 6.45) is 2.47. The van der Waals surface area contributed by atoms with Crippen molar-refractivity contribution in [2.75, 3.05) is 6.54 Å². The second-order valence-corrected chi connectivity index (χ2v) is 6.32. The van der Waals surface area contributed by atoms with Crippen molar-refractivity contribution >= 4 is 11.3 Å². The number of nitrogens with zero attached hydrogens (tertiary/aromatic N) is 3. The highest BCUT2D eigenvalue weighted by atomic mass is 32.1. The van der Waals surface area contributed by atoms with E-state index < -0.39 is 0 Å². The first-order valence-corrected chi connectivity index (χ1v) is 7.72. The molecule has 3 heterocycles. The third-order valence-electron chi connectivity index (χ3n) is 3.57. The van der Waals surface area contributed by atoms with Crippen LogP contribution in [0.4, 0.5) is 0 Å². The molecular formula is C14H19N3OS. The van der Waals surface area contributed by atoms with Crippen LogP contribution >= 0.6 is 11.3 Å². The molecule has 1 saturated heterocycles. The van der Waals surface area contributed by atoms with Gasteiger partial charge in [0.1, 0.15) is 0 Å². The standard InChI is InChI=1S/C14H19N3OS/c1-10(2)14-15-13(18-16-14)9-17-7-3-5-11(17)12-6-4-8-19-12/h4,6,8,10-11H,3,5,7,9H2,1-2H3/t11-/m0/s1. The van der Waals surface area contributed by atoms with Gasteiger partial charge in [0.25, 0.3) is 0 Å². The highest BCUT2D eigenvalue weighted by Gasteiger charge is 2.28. The predicted molar refractivity (Wildman–Crippen MR) is 75.1 cm³/mol. The van der Waals surface area contributed by atoms with E-state index in [1.54, 1.807) is 0 Å². The Bertz CT molecular complexity index is 521. The Morgan fingerprint density at radius 2 is 2.42 bits per heavy atom. The van der Waals surface area contributed by atoms with Gasteiger partial charge in [0.15, 0.2) is 5.82 Å². The van der Waals surface area contributed by atoms with Crippen LogP contribution in [0.5, 0.6) is 0 Å². The molecule has 0 N–H and O–H groups in total. The number of thiophene rings is 1. The van der Waals surface area contributed by atoms with Gasteiger partial charge < -0.3 is 4.52 Å². The van der Waals surface area contributed by atoms with Crippen LogP contribution < -0.4 is 0 Å². The van der Waals surface area contributed by atoms with E-state index in [9.17, 15) is 0 Å². The number of hydrogen-bond acceptors (Lipinski definition) is 5. The van der Waals surface area contributed by atoms with E-state index in [4.69, 9.17) is 4.52 Å². The Morgan fingerprint density at radius 1 is 1.53 bits per heavy atom. The van der Waals surface area contributed by atoms with E-state index in [1.807, 2.05) is 11.3 Å². The smallest absolute Gasteiger partial charge is 0.240 e. The third kappa shape index (κ3) is 2.72. The molecule has 0 aliphatic carbocycles. The molecule has 1 aliphatic heterocycles. The van der Waals surface area contributed by atoms with Crippen LogP contribution in [0.3, 0.4) is 0 Å². The van der Waals surface area contributed by atoms with Crippen LogP contribution in [0.25, 0.3) is 0 Å². The van der Waals surface area contributed by atoms with Crippen molar-refractivity contribution in [2.24, 2.45) is 0 Å². The van der Waals surface area contributed by atoms with Gasteiger partial charge in [-0.15, -0.1) is 11.3 Å². The Kier molecular flexibility index (Phi) is 3.66. The molecule has 19 heavy (non-hydrogen) atoms. The fourth-order valence-electron chi connectivity index (χ4n) is 2.56. The normalized spacial score (nSPS) is 20.5. The predicted octanol–water partition coefficient (Wildman–Crippen LogP) is 3.59. The summed E-state index contributed by atoms with van der Waals surface area (Å²) >= 11 is 1.84. The highest BCUT2D eigenvalue weighted by molar-refractivity contribution is 7.10. The summed E-state index contributed by atoms with van der Waals surface area (Å²) in [6, 6.07) is 4.87. The molecule has 1 fully saturated rings. The zero-order valence-corrected chi connectivity index (χ0v) is 12.2. The minimum Gasteiger partial charge on any atom is -0.338 e. The first-order chi connectivity index (χ1) is 9.24. The van der Waals surface area contributed by atoms with Gasteiger partial charge >= 0.3 is 0 Å². The molecule has 0 unspecified atom stereocenters. The van der Waals surface area contributed by atoms with Crippen LogP contribution in [0.2, 0.25) is 0 Å². The molecule has 4 nitrogen and oxygen atoms in total. The summed E-state index contributed by atoms with van der Waals surface area (Å²) in [7, 11) is 0. The molecule has 0 aromatic carbocycles. The maximum absolute atomic E-state index is 5.35. The number of aromatic nitrogens is 2. The van der Waals surface area contributed by atoms with Crippen molar-refractivity contribution in [1.82, 2.24) is 15.0 Å². The summed E-state index contributed by atoms with van der Waals surface area (Å²) in [5.74, 6) is 1.87. The number of rotatable bonds is 4. The van der Waals surface area contributed by atoms with Gasteiger partial charge in [-0.2, -0.15) is 4.98 Å². The van der Waals surface area contributed by atoms with E-state index in [-0.39, 0.29) is 0 Å². The zero-order chi connectivity index (χ0) is 13.2. The van der Waals surface area contributed by atoms with Gasteiger partial charge in [0.05, 0.1) is 6.54 Å². The molecule has 0 spiro atoms. The zero-order valence-electron chi connectivity index (χ0n) is 11.4. The summed E-state index contributed by atoms with van der Waals surface area (Å²) in [6.45, 7) is 6.04. The largest absolute Gasteiger partial charge is 0.338 e. The lowest BCUT2D eigenvalue weighted by molar-refractivity contribution is 0.214. The lowest BCUT2D eigenvalue weighted by atomic mass is 10.2. The molecule has 5 heteroatoms. The molecule has 1 atom stereocenters. The molecule has 0 radical (unpaired) electrons. The Hall–Kier alpha value is -1.20. The molecule has 1 aliphatic rings. The van der Waals surface area contributed by atoms with Crippen molar-refractivity contribution in [2.45, 2.75) is 45.2 Å². The molecule has 2 aromatic rings. The maximum atomic E-state index is 5.35. The molecule has 0 bridgehead atoms. The summed E-state index contributed by atoms with van der Waals surface area (Å²) < 4.78 is 5.35.